The van der Waals surface area contributed by atoms with Crippen molar-refractivity contribution in [3.8, 4) is 5.69 Å². The van der Waals surface area contributed by atoms with E-state index in [0.717, 1.165) is 15.3 Å². The Morgan fingerprint density at radius 1 is 1.33 bits per heavy atom. The Hall–Kier alpha value is -1.50. The standard InChI is InChI=1S/C14H10ClFN2OS2/c1-6-7(2)21-12-11(6)13(19)18(14(20)17-12)10-4-8(15)3-9(16)5-10/h3-5H,1-2H3,(H,17,20). The highest BCUT2D eigenvalue weighted by atomic mass is 35.5. The SMILES string of the molecule is Cc1sc2[nH]c(=S)n(-c3cc(F)cc(Cl)c3)c(=O)c2c1C. The van der Waals surface area contributed by atoms with Gasteiger partial charge in [0.2, 0.25) is 0 Å². The number of hydrogen-bond donors (Lipinski definition) is 1. The van der Waals surface area contributed by atoms with E-state index in [0.29, 0.717) is 11.1 Å². The first-order chi connectivity index (χ1) is 9.88. The molecule has 7 heteroatoms. The molecular weight excluding hydrogens is 331 g/mol. The average molecular weight is 341 g/mol. The van der Waals surface area contributed by atoms with Crippen LogP contribution in [0.4, 0.5) is 4.39 Å². The van der Waals surface area contributed by atoms with Gasteiger partial charge in [-0.1, -0.05) is 11.6 Å². The minimum atomic E-state index is -0.517. The molecule has 0 saturated heterocycles. The van der Waals surface area contributed by atoms with E-state index in [1.807, 2.05) is 13.8 Å². The molecule has 0 unspecified atom stereocenters. The number of aromatic nitrogens is 2. The fourth-order valence-electron chi connectivity index (χ4n) is 2.23. The van der Waals surface area contributed by atoms with Crippen molar-refractivity contribution >= 4 is 45.4 Å². The predicted molar refractivity (Wildman–Crippen MR) is 87.0 cm³/mol. The molecule has 0 fully saturated rings. The van der Waals surface area contributed by atoms with Gasteiger partial charge in [0.05, 0.1) is 11.1 Å². The molecule has 0 saturated carbocycles. The number of benzene rings is 1. The zero-order valence-electron chi connectivity index (χ0n) is 11.2. The van der Waals surface area contributed by atoms with E-state index in [-0.39, 0.29) is 15.4 Å². The molecule has 3 rings (SSSR count). The lowest BCUT2D eigenvalue weighted by Gasteiger charge is -2.07. The van der Waals surface area contributed by atoms with Crippen molar-refractivity contribution in [2.24, 2.45) is 0 Å². The molecule has 0 bridgehead atoms. The van der Waals surface area contributed by atoms with E-state index in [4.69, 9.17) is 23.8 Å². The van der Waals surface area contributed by atoms with Gasteiger partial charge in [0.25, 0.3) is 5.56 Å². The molecule has 0 aliphatic carbocycles. The zero-order chi connectivity index (χ0) is 15.3. The van der Waals surface area contributed by atoms with Crippen LogP contribution in [-0.2, 0) is 0 Å². The van der Waals surface area contributed by atoms with Gasteiger partial charge in [-0.3, -0.25) is 9.36 Å². The number of aryl methyl sites for hydroxylation is 2. The first kappa shape index (κ1) is 14.4. The van der Waals surface area contributed by atoms with Crippen LogP contribution in [0.15, 0.2) is 23.0 Å². The minimum Gasteiger partial charge on any atom is -0.323 e. The molecular formula is C14H10ClFN2OS2. The number of rotatable bonds is 1. The van der Waals surface area contributed by atoms with Crippen LogP contribution >= 0.6 is 35.2 Å². The van der Waals surface area contributed by atoms with Crippen LogP contribution in [0.1, 0.15) is 10.4 Å². The van der Waals surface area contributed by atoms with Gasteiger partial charge in [-0.25, -0.2) is 4.39 Å². The molecule has 108 valence electrons. The number of aromatic amines is 1. The normalized spacial score (nSPS) is 11.2. The number of fused-ring (bicyclic) bond motifs is 1. The van der Waals surface area contributed by atoms with Crippen molar-refractivity contribution in [2.75, 3.05) is 0 Å². The first-order valence-corrected chi connectivity index (χ1v) is 7.70. The largest absolute Gasteiger partial charge is 0.323 e. The highest BCUT2D eigenvalue weighted by molar-refractivity contribution is 7.71. The summed E-state index contributed by atoms with van der Waals surface area (Å²) < 4.78 is 15.0. The number of nitrogens with one attached hydrogen (secondary N) is 1. The van der Waals surface area contributed by atoms with Gasteiger partial charge < -0.3 is 4.98 Å². The summed E-state index contributed by atoms with van der Waals surface area (Å²) in [7, 11) is 0. The van der Waals surface area contributed by atoms with Gasteiger partial charge in [-0.05, 0) is 49.8 Å². The van der Waals surface area contributed by atoms with Gasteiger partial charge in [0, 0.05) is 9.90 Å². The van der Waals surface area contributed by atoms with Gasteiger partial charge in [0.15, 0.2) is 4.77 Å². The Labute approximate surface area is 133 Å². The van der Waals surface area contributed by atoms with Crippen molar-refractivity contribution < 1.29 is 4.39 Å². The molecule has 0 radical (unpaired) electrons. The van der Waals surface area contributed by atoms with Crippen molar-refractivity contribution in [1.29, 1.82) is 0 Å². The molecule has 0 aliphatic heterocycles. The second kappa shape index (κ2) is 5.05. The summed E-state index contributed by atoms with van der Waals surface area (Å²) in [5.74, 6) is -0.517. The molecule has 0 amide bonds. The quantitative estimate of drug-likeness (QED) is 0.661. The topological polar surface area (TPSA) is 37.8 Å². The summed E-state index contributed by atoms with van der Waals surface area (Å²) >= 11 is 12.6. The van der Waals surface area contributed by atoms with Crippen LogP contribution in [0.25, 0.3) is 15.9 Å². The van der Waals surface area contributed by atoms with Gasteiger partial charge in [-0.2, -0.15) is 0 Å². The van der Waals surface area contributed by atoms with Crippen molar-refractivity contribution in [1.82, 2.24) is 9.55 Å². The molecule has 21 heavy (non-hydrogen) atoms. The van der Waals surface area contributed by atoms with Crippen LogP contribution in [0.3, 0.4) is 0 Å². The second-order valence-corrected chi connectivity index (χ2v) is 6.73. The molecule has 2 heterocycles. The Kier molecular flexibility index (Phi) is 3.47. The summed E-state index contributed by atoms with van der Waals surface area (Å²) in [6.07, 6.45) is 0. The Morgan fingerprint density at radius 2 is 2.05 bits per heavy atom. The molecule has 3 aromatic rings. The van der Waals surface area contributed by atoms with Crippen molar-refractivity contribution in [3.05, 3.63) is 54.6 Å². The molecule has 2 aromatic heterocycles. The fraction of sp³-hybridized carbons (Fsp3) is 0.143. The zero-order valence-corrected chi connectivity index (χ0v) is 13.5. The minimum absolute atomic E-state index is 0.213. The maximum Gasteiger partial charge on any atom is 0.267 e. The van der Waals surface area contributed by atoms with E-state index < -0.39 is 5.82 Å². The summed E-state index contributed by atoms with van der Waals surface area (Å²) in [5, 5.41) is 0.788. The van der Waals surface area contributed by atoms with Crippen molar-refractivity contribution in [3.63, 3.8) is 0 Å². The maximum absolute atomic E-state index is 13.5. The van der Waals surface area contributed by atoms with Gasteiger partial charge in [0.1, 0.15) is 10.6 Å². The number of H-pyrrole nitrogens is 1. The number of nitrogens with zero attached hydrogens (tertiary/aromatic N) is 1. The van der Waals surface area contributed by atoms with E-state index in [1.54, 1.807) is 0 Å². The van der Waals surface area contributed by atoms with E-state index in [9.17, 15) is 9.18 Å². The Balaban J connectivity index is 2.45. The number of hydrogen-bond acceptors (Lipinski definition) is 3. The Bertz CT molecular complexity index is 967. The molecule has 1 aromatic carbocycles. The summed E-state index contributed by atoms with van der Waals surface area (Å²) in [6, 6.07) is 3.93. The lowest BCUT2D eigenvalue weighted by molar-refractivity contribution is 0.626. The fourth-order valence-corrected chi connectivity index (χ4v) is 3.85. The molecule has 0 atom stereocenters. The highest BCUT2D eigenvalue weighted by Crippen LogP contribution is 2.26. The van der Waals surface area contributed by atoms with E-state index >= 15 is 0 Å². The van der Waals surface area contributed by atoms with E-state index in [1.165, 1.54) is 34.1 Å². The number of thiophene rings is 1. The van der Waals surface area contributed by atoms with E-state index in [2.05, 4.69) is 4.98 Å². The monoisotopic (exact) mass is 340 g/mol. The Morgan fingerprint density at radius 3 is 2.71 bits per heavy atom. The lowest BCUT2D eigenvalue weighted by atomic mass is 10.2. The maximum atomic E-state index is 13.5. The lowest BCUT2D eigenvalue weighted by Crippen LogP contribution is -2.20. The van der Waals surface area contributed by atoms with Crippen molar-refractivity contribution in [2.45, 2.75) is 13.8 Å². The van der Waals surface area contributed by atoms with Gasteiger partial charge in [-0.15, -0.1) is 11.3 Å². The smallest absolute Gasteiger partial charge is 0.267 e. The molecule has 1 N–H and O–H groups in total. The predicted octanol–water partition coefficient (Wildman–Crippen LogP) is 4.52. The van der Waals surface area contributed by atoms with Crippen LogP contribution in [0.2, 0.25) is 5.02 Å². The molecule has 3 nitrogen and oxygen atoms in total. The average Bonchev–Trinajstić information content (AvgIpc) is 2.63. The van der Waals surface area contributed by atoms with Crippen LogP contribution in [0, 0.1) is 24.4 Å². The molecule has 0 aliphatic rings. The first-order valence-electron chi connectivity index (χ1n) is 6.10. The van der Waals surface area contributed by atoms with Crippen LogP contribution < -0.4 is 5.56 Å². The van der Waals surface area contributed by atoms with Crippen LogP contribution in [0.5, 0.6) is 0 Å². The summed E-state index contributed by atoms with van der Waals surface area (Å²) in [4.78, 5) is 17.5. The van der Waals surface area contributed by atoms with Crippen LogP contribution in [-0.4, -0.2) is 9.55 Å². The summed E-state index contributed by atoms with van der Waals surface area (Å²) in [6.45, 7) is 3.83. The highest BCUT2D eigenvalue weighted by Gasteiger charge is 2.14. The van der Waals surface area contributed by atoms with Gasteiger partial charge >= 0.3 is 0 Å². The third-order valence-electron chi connectivity index (χ3n) is 3.33. The second-order valence-electron chi connectivity index (χ2n) is 4.69. The third kappa shape index (κ3) is 2.33. The third-order valence-corrected chi connectivity index (χ3v) is 4.96. The summed E-state index contributed by atoms with van der Waals surface area (Å²) in [5.41, 5.74) is 0.955. The molecule has 0 spiro atoms. The number of halogens is 2.